The van der Waals surface area contributed by atoms with Gasteiger partial charge in [0.2, 0.25) is 0 Å². The lowest BCUT2D eigenvalue weighted by Gasteiger charge is -2.08. The molecule has 1 aromatic heterocycles. The van der Waals surface area contributed by atoms with Crippen molar-refractivity contribution < 1.29 is 14.0 Å². The number of carbonyl (C=O) groups excluding carboxylic acids is 2. The Bertz CT molecular complexity index is 740. The van der Waals surface area contributed by atoms with Crippen molar-refractivity contribution >= 4 is 17.5 Å². The number of anilines is 1. The Morgan fingerprint density at radius 2 is 1.91 bits per heavy atom. The molecular weight excluding hydrogens is 299 g/mol. The first-order valence-corrected chi connectivity index (χ1v) is 7.23. The molecule has 2 aromatic rings. The lowest BCUT2D eigenvalue weighted by atomic mass is 10.2. The fraction of sp³-hybridized carbons (Fsp3) is 0.312. The van der Waals surface area contributed by atoms with E-state index in [1.165, 1.54) is 12.1 Å². The molecule has 2 amide bonds. The topological polar surface area (TPSA) is 76.0 Å². The molecule has 0 spiro atoms. The standard InChI is InChI=1S/C16H19FN4O2/c1-10-4-5-13(9-14(10)17)19-16(23)15(22)18-6-7-21-12(3)8-11(2)20-21/h4-5,8-9H,6-7H2,1-3H3,(H,18,22)(H,19,23). The number of aryl methyl sites for hydroxylation is 3. The van der Waals surface area contributed by atoms with Crippen LogP contribution >= 0.6 is 0 Å². The number of nitrogens with zero attached hydrogens (tertiary/aromatic N) is 2. The van der Waals surface area contributed by atoms with Crippen molar-refractivity contribution in [1.29, 1.82) is 0 Å². The van der Waals surface area contributed by atoms with Gasteiger partial charge in [0.1, 0.15) is 5.82 Å². The molecule has 7 heteroatoms. The highest BCUT2D eigenvalue weighted by atomic mass is 19.1. The van der Waals surface area contributed by atoms with Gasteiger partial charge >= 0.3 is 11.8 Å². The fourth-order valence-corrected chi connectivity index (χ4v) is 2.12. The van der Waals surface area contributed by atoms with Gasteiger partial charge in [0.15, 0.2) is 0 Å². The smallest absolute Gasteiger partial charge is 0.313 e. The third-order valence-electron chi connectivity index (χ3n) is 3.35. The Kier molecular flexibility index (Phi) is 5.10. The van der Waals surface area contributed by atoms with Crippen LogP contribution in [0.1, 0.15) is 17.0 Å². The van der Waals surface area contributed by atoms with Crippen molar-refractivity contribution in [1.82, 2.24) is 15.1 Å². The van der Waals surface area contributed by atoms with E-state index in [0.717, 1.165) is 11.4 Å². The van der Waals surface area contributed by atoms with Crippen molar-refractivity contribution in [2.45, 2.75) is 27.3 Å². The highest BCUT2D eigenvalue weighted by molar-refractivity contribution is 6.39. The van der Waals surface area contributed by atoms with Crippen LogP contribution in [0.4, 0.5) is 10.1 Å². The SMILES string of the molecule is Cc1cc(C)n(CCNC(=O)C(=O)Nc2ccc(C)c(F)c2)n1. The van der Waals surface area contributed by atoms with Crippen LogP contribution < -0.4 is 10.6 Å². The summed E-state index contributed by atoms with van der Waals surface area (Å²) >= 11 is 0. The first-order valence-electron chi connectivity index (χ1n) is 7.23. The molecule has 6 nitrogen and oxygen atoms in total. The van der Waals surface area contributed by atoms with E-state index in [0.29, 0.717) is 12.1 Å². The largest absolute Gasteiger partial charge is 0.346 e. The quantitative estimate of drug-likeness (QED) is 0.843. The first kappa shape index (κ1) is 16.7. The highest BCUT2D eigenvalue weighted by Gasteiger charge is 2.14. The normalized spacial score (nSPS) is 10.4. The summed E-state index contributed by atoms with van der Waals surface area (Å²) in [6.45, 7) is 6.16. The second kappa shape index (κ2) is 7.04. The molecule has 0 saturated carbocycles. The van der Waals surface area contributed by atoms with Crippen LogP contribution in [0, 0.1) is 26.6 Å². The molecule has 0 saturated heterocycles. The maximum atomic E-state index is 13.4. The van der Waals surface area contributed by atoms with E-state index in [1.54, 1.807) is 17.7 Å². The molecule has 0 aliphatic heterocycles. The van der Waals surface area contributed by atoms with Crippen molar-refractivity contribution in [3.05, 3.63) is 47.0 Å². The van der Waals surface area contributed by atoms with Gasteiger partial charge in [-0.3, -0.25) is 14.3 Å². The van der Waals surface area contributed by atoms with Crippen LogP contribution in [0.2, 0.25) is 0 Å². The van der Waals surface area contributed by atoms with Crippen LogP contribution in [0.15, 0.2) is 24.3 Å². The van der Waals surface area contributed by atoms with E-state index in [4.69, 9.17) is 0 Å². The van der Waals surface area contributed by atoms with Gasteiger partial charge in [-0.1, -0.05) is 6.07 Å². The van der Waals surface area contributed by atoms with Crippen LogP contribution in [-0.2, 0) is 16.1 Å². The number of benzene rings is 1. The number of aromatic nitrogens is 2. The predicted molar refractivity (Wildman–Crippen MR) is 84.5 cm³/mol. The molecule has 0 atom stereocenters. The lowest BCUT2D eigenvalue weighted by Crippen LogP contribution is -2.37. The number of amides is 2. The number of hydrogen-bond acceptors (Lipinski definition) is 3. The highest BCUT2D eigenvalue weighted by Crippen LogP contribution is 2.13. The van der Waals surface area contributed by atoms with Gasteiger partial charge in [0.25, 0.3) is 0 Å². The van der Waals surface area contributed by atoms with E-state index >= 15 is 0 Å². The van der Waals surface area contributed by atoms with Gasteiger partial charge < -0.3 is 10.6 Å². The minimum atomic E-state index is -0.832. The van der Waals surface area contributed by atoms with Crippen LogP contribution in [0.5, 0.6) is 0 Å². The number of halogens is 1. The molecule has 2 N–H and O–H groups in total. The maximum Gasteiger partial charge on any atom is 0.313 e. The third-order valence-corrected chi connectivity index (χ3v) is 3.35. The van der Waals surface area contributed by atoms with E-state index < -0.39 is 17.6 Å². The summed E-state index contributed by atoms with van der Waals surface area (Å²) in [5, 5.41) is 9.13. The molecule has 1 aromatic carbocycles. The summed E-state index contributed by atoms with van der Waals surface area (Å²) in [5.41, 5.74) is 2.59. The number of rotatable bonds is 4. The second-order valence-corrected chi connectivity index (χ2v) is 5.32. The average molecular weight is 318 g/mol. The zero-order valence-electron chi connectivity index (χ0n) is 13.3. The maximum absolute atomic E-state index is 13.4. The van der Waals surface area contributed by atoms with Crippen molar-refractivity contribution in [2.75, 3.05) is 11.9 Å². The number of hydrogen-bond donors (Lipinski definition) is 2. The average Bonchev–Trinajstić information content (AvgIpc) is 2.81. The zero-order valence-corrected chi connectivity index (χ0v) is 13.3. The van der Waals surface area contributed by atoms with Gasteiger partial charge in [-0.05, 0) is 44.5 Å². The Labute approximate surface area is 133 Å². The van der Waals surface area contributed by atoms with Crippen molar-refractivity contribution in [3.8, 4) is 0 Å². The van der Waals surface area contributed by atoms with E-state index in [-0.39, 0.29) is 12.2 Å². The third kappa shape index (κ3) is 4.38. The Balaban J connectivity index is 1.84. The number of carbonyl (C=O) groups is 2. The molecule has 0 aliphatic carbocycles. The van der Waals surface area contributed by atoms with Gasteiger partial charge in [-0.2, -0.15) is 5.10 Å². The minimum Gasteiger partial charge on any atom is -0.346 e. The molecule has 0 unspecified atom stereocenters. The summed E-state index contributed by atoms with van der Waals surface area (Å²) in [6.07, 6.45) is 0. The Morgan fingerprint density at radius 1 is 1.17 bits per heavy atom. The van der Waals surface area contributed by atoms with Crippen LogP contribution in [0.3, 0.4) is 0 Å². The molecule has 1 heterocycles. The van der Waals surface area contributed by atoms with Gasteiger partial charge in [-0.15, -0.1) is 0 Å². The molecule has 0 radical (unpaired) electrons. The van der Waals surface area contributed by atoms with Crippen LogP contribution in [0.25, 0.3) is 0 Å². The van der Waals surface area contributed by atoms with Crippen molar-refractivity contribution in [3.63, 3.8) is 0 Å². The summed E-state index contributed by atoms with van der Waals surface area (Å²) in [6, 6.07) is 6.18. The molecule has 0 fully saturated rings. The fourth-order valence-electron chi connectivity index (χ4n) is 2.12. The monoisotopic (exact) mass is 318 g/mol. The van der Waals surface area contributed by atoms with Crippen LogP contribution in [-0.4, -0.2) is 28.1 Å². The van der Waals surface area contributed by atoms with Gasteiger partial charge in [0.05, 0.1) is 12.2 Å². The molecule has 0 bridgehead atoms. The lowest BCUT2D eigenvalue weighted by molar-refractivity contribution is -0.136. The summed E-state index contributed by atoms with van der Waals surface area (Å²) in [7, 11) is 0. The molecule has 2 rings (SSSR count). The summed E-state index contributed by atoms with van der Waals surface area (Å²) in [5.74, 6) is -2.04. The number of nitrogens with one attached hydrogen (secondary N) is 2. The Hall–Kier alpha value is -2.70. The predicted octanol–water partition coefficient (Wildman–Crippen LogP) is 1.70. The van der Waals surface area contributed by atoms with Crippen molar-refractivity contribution in [2.24, 2.45) is 0 Å². The minimum absolute atomic E-state index is 0.242. The molecular formula is C16H19FN4O2. The Morgan fingerprint density at radius 3 is 2.52 bits per heavy atom. The van der Waals surface area contributed by atoms with Gasteiger partial charge in [-0.25, -0.2) is 4.39 Å². The van der Waals surface area contributed by atoms with E-state index in [9.17, 15) is 14.0 Å². The summed E-state index contributed by atoms with van der Waals surface area (Å²) in [4.78, 5) is 23.5. The van der Waals surface area contributed by atoms with Gasteiger partial charge in [0, 0.05) is 17.9 Å². The zero-order chi connectivity index (χ0) is 17.0. The van der Waals surface area contributed by atoms with E-state index in [2.05, 4.69) is 15.7 Å². The molecule has 122 valence electrons. The molecule has 23 heavy (non-hydrogen) atoms. The van der Waals surface area contributed by atoms with E-state index in [1.807, 2.05) is 19.9 Å². The second-order valence-electron chi connectivity index (χ2n) is 5.32. The summed E-state index contributed by atoms with van der Waals surface area (Å²) < 4.78 is 15.2. The first-order chi connectivity index (χ1) is 10.9. The molecule has 0 aliphatic rings.